The summed E-state index contributed by atoms with van der Waals surface area (Å²) >= 11 is 6.45. The van der Waals surface area contributed by atoms with E-state index in [1.165, 1.54) is 44.2 Å². The molecule has 1 aromatic heterocycles. The van der Waals surface area contributed by atoms with Gasteiger partial charge in [-0.15, -0.1) is 0 Å². The fraction of sp³-hybridized carbons (Fsp3) is 0.812. The molecule has 2 aliphatic rings. The second-order valence-corrected chi connectivity index (χ2v) is 6.83. The normalized spacial score (nSPS) is 26.2. The van der Waals surface area contributed by atoms with Crippen molar-refractivity contribution in [1.82, 2.24) is 15.1 Å². The summed E-state index contributed by atoms with van der Waals surface area (Å²) in [5.74, 6) is 1.23. The molecule has 1 N–H and O–H groups in total. The first-order valence-corrected chi connectivity index (χ1v) is 8.61. The van der Waals surface area contributed by atoms with Crippen LogP contribution in [0.1, 0.15) is 50.1 Å². The molecule has 0 aromatic carbocycles. The molecule has 1 heterocycles. The second-order valence-electron chi connectivity index (χ2n) is 6.43. The van der Waals surface area contributed by atoms with Crippen molar-refractivity contribution < 1.29 is 4.74 Å². The summed E-state index contributed by atoms with van der Waals surface area (Å²) in [4.78, 5) is 0. The summed E-state index contributed by atoms with van der Waals surface area (Å²) in [5, 5.41) is 8.99. The third kappa shape index (κ3) is 3.79. The van der Waals surface area contributed by atoms with Crippen LogP contribution in [0.3, 0.4) is 0 Å². The first kappa shape index (κ1) is 15.3. The van der Waals surface area contributed by atoms with Crippen molar-refractivity contribution in [3.8, 4) is 0 Å². The van der Waals surface area contributed by atoms with E-state index in [-0.39, 0.29) is 0 Å². The zero-order valence-corrected chi connectivity index (χ0v) is 13.6. The Morgan fingerprint density at radius 2 is 2.14 bits per heavy atom. The quantitative estimate of drug-likeness (QED) is 0.840. The van der Waals surface area contributed by atoms with Gasteiger partial charge in [0, 0.05) is 19.1 Å². The lowest BCUT2D eigenvalue weighted by Crippen LogP contribution is -2.32. The minimum Gasteiger partial charge on any atom is -0.383 e. The molecule has 1 aromatic rings. The lowest BCUT2D eigenvalue weighted by Gasteiger charge is -2.32. The minimum atomic E-state index is 0.539. The van der Waals surface area contributed by atoms with Gasteiger partial charge >= 0.3 is 0 Å². The van der Waals surface area contributed by atoms with Crippen molar-refractivity contribution in [2.45, 2.75) is 57.0 Å². The van der Waals surface area contributed by atoms with E-state index in [0.29, 0.717) is 18.4 Å². The Kier molecular flexibility index (Phi) is 5.19. The van der Waals surface area contributed by atoms with E-state index in [9.17, 15) is 0 Å². The van der Waals surface area contributed by atoms with Crippen molar-refractivity contribution in [2.24, 2.45) is 5.92 Å². The third-order valence-corrected chi connectivity index (χ3v) is 5.14. The maximum absolute atomic E-state index is 6.45. The molecule has 2 unspecified atom stereocenters. The molecule has 0 spiro atoms. The van der Waals surface area contributed by atoms with Crippen molar-refractivity contribution in [2.75, 3.05) is 20.3 Å². The van der Waals surface area contributed by atoms with Crippen LogP contribution >= 0.6 is 11.6 Å². The van der Waals surface area contributed by atoms with E-state index < -0.39 is 0 Å². The van der Waals surface area contributed by atoms with Crippen LogP contribution in [0.5, 0.6) is 0 Å². The summed E-state index contributed by atoms with van der Waals surface area (Å²) in [6.45, 7) is 2.60. The van der Waals surface area contributed by atoms with Crippen molar-refractivity contribution in [1.29, 1.82) is 0 Å². The summed E-state index contributed by atoms with van der Waals surface area (Å²) in [6, 6.07) is 0.779. The number of methoxy groups -OCH3 is 1. The average molecular weight is 312 g/mol. The number of nitrogens with one attached hydrogen (secondary N) is 1. The number of nitrogens with zero attached hydrogens (tertiary/aromatic N) is 2. The van der Waals surface area contributed by atoms with Gasteiger partial charge in [-0.25, -0.2) is 0 Å². The van der Waals surface area contributed by atoms with Gasteiger partial charge in [-0.3, -0.25) is 4.68 Å². The standard InChI is InChI=1S/C16H26ClN3O/c1-21-9-8-20-16(15(17)11-19-20)14-5-3-2-4-12(14)10-18-13-6-7-13/h11-14,18H,2-10H2,1H3. The van der Waals surface area contributed by atoms with E-state index in [1.54, 1.807) is 13.3 Å². The maximum atomic E-state index is 6.45. The first-order chi connectivity index (χ1) is 10.3. The van der Waals surface area contributed by atoms with E-state index in [0.717, 1.165) is 24.2 Å². The van der Waals surface area contributed by atoms with Gasteiger partial charge < -0.3 is 10.1 Å². The van der Waals surface area contributed by atoms with Gasteiger partial charge in [0.15, 0.2) is 0 Å². The molecule has 4 nitrogen and oxygen atoms in total. The smallest absolute Gasteiger partial charge is 0.0820 e. The van der Waals surface area contributed by atoms with Crippen LogP contribution < -0.4 is 5.32 Å². The Morgan fingerprint density at radius 3 is 2.90 bits per heavy atom. The first-order valence-electron chi connectivity index (χ1n) is 8.23. The molecule has 0 radical (unpaired) electrons. The molecule has 2 aliphatic carbocycles. The highest BCUT2D eigenvalue weighted by Crippen LogP contribution is 2.40. The number of hydrogen-bond acceptors (Lipinski definition) is 3. The van der Waals surface area contributed by atoms with Gasteiger partial charge in [-0.2, -0.15) is 5.10 Å². The van der Waals surface area contributed by atoms with Gasteiger partial charge in [0.25, 0.3) is 0 Å². The summed E-state index contributed by atoms with van der Waals surface area (Å²) in [6.07, 6.45) is 9.68. The Labute approximate surface area is 132 Å². The van der Waals surface area contributed by atoms with Gasteiger partial charge in [0.05, 0.1) is 30.1 Å². The van der Waals surface area contributed by atoms with Gasteiger partial charge in [0.2, 0.25) is 0 Å². The molecule has 0 saturated heterocycles. The Balaban J connectivity index is 1.73. The van der Waals surface area contributed by atoms with Gasteiger partial charge in [-0.1, -0.05) is 24.4 Å². The number of ether oxygens (including phenoxy) is 1. The predicted molar refractivity (Wildman–Crippen MR) is 84.8 cm³/mol. The zero-order valence-electron chi connectivity index (χ0n) is 12.9. The molecule has 2 fully saturated rings. The van der Waals surface area contributed by atoms with Crippen molar-refractivity contribution in [3.05, 3.63) is 16.9 Å². The monoisotopic (exact) mass is 311 g/mol. The molecule has 118 valence electrons. The Morgan fingerprint density at radius 1 is 1.33 bits per heavy atom. The molecule has 21 heavy (non-hydrogen) atoms. The number of rotatable bonds is 7. The van der Waals surface area contributed by atoms with E-state index in [1.807, 2.05) is 0 Å². The molecule has 5 heteroatoms. The number of aromatic nitrogens is 2. The van der Waals surface area contributed by atoms with E-state index in [2.05, 4.69) is 15.1 Å². The number of halogens is 1. The predicted octanol–water partition coefficient (Wildman–Crippen LogP) is 3.21. The largest absolute Gasteiger partial charge is 0.383 e. The Hall–Kier alpha value is -0.580. The highest BCUT2D eigenvalue weighted by molar-refractivity contribution is 6.31. The van der Waals surface area contributed by atoms with Crippen LogP contribution in [-0.2, 0) is 11.3 Å². The molecular formula is C16H26ClN3O. The van der Waals surface area contributed by atoms with Crippen molar-refractivity contribution in [3.63, 3.8) is 0 Å². The second kappa shape index (κ2) is 7.12. The molecular weight excluding hydrogens is 286 g/mol. The van der Waals surface area contributed by atoms with Gasteiger partial charge in [-0.05, 0) is 38.1 Å². The van der Waals surface area contributed by atoms with Crippen LogP contribution in [0, 0.1) is 5.92 Å². The van der Waals surface area contributed by atoms with Crippen LogP contribution in [0.2, 0.25) is 5.02 Å². The molecule has 3 rings (SSSR count). The van der Waals surface area contributed by atoms with Crippen LogP contribution in [0.4, 0.5) is 0 Å². The summed E-state index contributed by atoms with van der Waals surface area (Å²) in [5.41, 5.74) is 1.23. The topological polar surface area (TPSA) is 39.1 Å². The van der Waals surface area contributed by atoms with Crippen LogP contribution in [0.15, 0.2) is 6.20 Å². The highest BCUT2D eigenvalue weighted by Gasteiger charge is 2.32. The molecule has 0 bridgehead atoms. The fourth-order valence-corrected chi connectivity index (χ4v) is 3.80. The van der Waals surface area contributed by atoms with Gasteiger partial charge in [0.1, 0.15) is 0 Å². The SMILES string of the molecule is COCCn1ncc(Cl)c1C1CCCCC1CNC1CC1. The molecule has 2 saturated carbocycles. The van der Waals surface area contributed by atoms with Crippen LogP contribution in [-0.4, -0.2) is 36.1 Å². The lowest BCUT2D eigenvalue weighted by atomic mass is 9.77. The van der Waals surface area contributed by atoms with Crippen molar-refractivity contribution >= 4 is 11.6 Å². The lowest BCUT2D eigenvalue weighted by molar-refractivity contribution is 0.179. The van der Waals surface area contributed by atoms with Crippen LogP contribution in [0.25, 0.3) is 0 Å². The Bertz CT molecular complexity index is 458. The molecule has 0 aliphatic heterocycles. The highest BCUT2D eigenvalue weighted by atomic mass is 35.5. The summed E-state index contributed by atoms with van der Waals surface area (Å²) < 4.78 is 7.26. The summed E-state index contributed by atoms with van der Waals surface area (Å²) in [7, 11) is 1.73. The molecule has 0 amide bonds. The zero-order chi connectivity index (χ0) is 14.7. The maximum Gasteiger partial charge on any atom is 0.0820 e. The molecule has 2 atom stereocenters. The average Bonchev–Trinajstić information content (AvgIpc) is 3.26. The van der Waals surface area contributed by atoms with E-state index >= 15 is 0 Å². The fourth-order valence-electron chi connectivity index (χ4n) is 3.51. The number of hydrogen-bond donors (Lipinski definition) is 1. The third-order valence-electron chi connectivity index (χ3n) is 4.85. The van der Waals surface area contributed by atoms with E-state index in [4.69, 9.17) is 16.3 Å². The minimum absolute atomic E-state index is 0.539.